The standard InChI is InChI=1S/C20H25FO3/c1-10-8-11-12(4-6-18(2)13(11)9-14(21)16(18)23)19(3)7-5-15(22)17-20(10,19)24-17/h11-14,17H,1,4-9H2,2-3H3/t11-,12+,13+,14+,17?,18+,19-,20?/m1/s1. The molecule has 5 rings (SSSR count). The van der Waals surface area contributed by atoms with Crippen molar-refractivity contribution in [2.75, 3.05) is 0 Å². The summed E-state index contributed by atoms with van der Waals surface area (Å²) in [6, 6.07) is 0. The number of carbonyl (C=O) groups is 2. The molecule has 130 valence electrons. The van der Waals surface area contributed by atoms with Crippen LogP contribution < -0.4 is 0 Å². The number of ether oxygens (including phenoxy) is 1. The molecule has 1 heterocycles. The average molecular weight is 332 g/mol. The van der Waals surface area contributed by atoms with Crippen molar-refractivity contribution in [3.8, 4) is 0 Å². The number of carbonyl (C=O) groups excluding carboxylic acids is 2. The maximum Gasteiger partial charge on any atom is 0.173 e. The van der Waals surface area contributed by atoms with Crippen LogP contribution in [-0.4, -0.2) is 29.4 Å². The normalized spacial score (nSPS) is 58.6. The second kappa shape index (κ2) is 4.20. The van der Waals surface area contributed by atoms with E-state index in [4.69, 9.17) is 4.74 Å². The van der Waals surface area contributed by atoms with E-state index < -0.39 is 17.2 Å². The van der Waals surface area contributed by atoms with Gasteiger partial charge in [0.25, 0.3) is 0 Å². The lowest BCUT2D eigenvalue weighted by atomic mass is 9.44. The Kier molecular flexibility index (Phi) is 2.67. The molecule has 5 aliphatic rings. The lowest BCUT2D eigenvalue weighted by Crippen LogP contribution is -2.59. The van der Waals surface area contributed by atoms with Gasteiger partial charge >= 0.3 is 0 Å². The van der Waals surface area contributed by atoms with Gasteiger partial charge in [-0.05, 0) is 55.4 Å². The zero-order valence-electron chi connectivity index (χ0n) is 14.4. The van der Waals surface area contributed by atoms with Gasteiger partial charge in [-0.15, -0.1) is 0 Å². The van der Waals surface area contributed by atoms with E-state index >= 15 is 0 Å². The monoisotopic (exact) mass is 332 g/mol. The third-order valence-electron chi connectivity index (χ3n) is 8.61. The van der Waals surface area contributed by atoms with Crippen LogP contribution in [0.2, 0.25) is 0 Å². The number of rotatable bonds is 0. The molecule has 0 radical (unpaired) electrons. The Morgan fingerprint density at radius 1 is 1.21 bits per heavy atom. The lowest BCUT2D eigenvalue weighted by molar-refractivity contribution is -0.138. The van der Waals surface area contributed by atoms with Crippen LogP contribution in [0.15, 0.2) is 12.2 Å². The molecule has 0 bridgehead atoms. The van der Waals surface area contributed by atoms with Crippen LogP contribution in [0.25, 0.3) is 0 Å². The number of alkyl halides is 1. The number of halogens is 1. The van der Waals surface area contributed by atoms with Gasteiger partial charge < -0.3 is 4.74 Å². The van der Waals surface area contributed by atoms with E-state index in [9.17, 15) is 14.0 Å². The molecule has 4 saturated carbocycles. The number of fused-ring (bicyclic) bond motifs is 4. The van der Waals surface area contributed by atoms with Gasteiger partial charge in [0.05, 0.1) is 0 Å². The zero-order chi connectivity index (χ0) is 17.1. The summed E-state index contributed by atoms with van der Waals surface area (Å²) in [7, 11) is 0. The second-order valence-electron chi connectivity index (χ2n) is 9.33. The molecule has 1 aliphatic heterocycles. The van der Waals surface area contributed by atoms with Gasteiger partial charge in [-0.25, -0.2) is 4.39 Å². The Bertz CT molecular complexity index is 686. The summed E-state index contributed by atoms with van der Waals surface area (Å²) in [5.74, 6) is 0.848. The van der Waals surface area contributed by atoms with Crippen LogP contribution in [0, 0.1) is 28.6 Å². The highest BCUT2D eigenvalue weighted by Crippen LogP contribution is 2.73. The second-order valence-corrected chi connectivity index (χ2v) is 9.33. The first-order valence-corrected chi connectivity index (χ1v) is 9.33. The Morgan fingerprint density at radius 2 is 1.96 bits per heavy atom. The highest BCUT2D eigenvalue weighted by Gasteiger charge is 2.78. The van der Waals surface area contributed by atoms with Gasteiger partial charge in [-0.3, -0.25) is 9.59 Å². The summed E-state index contributed by atoms with van der Waals surface area (Å²) < 4.78 is 20.3. The Hall–Kier alpha value is -1.03. The molecule has 1 saturated heterocycles. The number of epoxide rings is 1. The Morgan fingerprint density at radius 3 is 2.71 bits per heavy atom. The van der Waals surface area contributed by atoms with Crippen LogP contribution in [0.4, 0.5) is 4.39 Å². The number of ketones is 2. The molecule has 2 unspecified atom stereocenters. The molecule has 4 heteroatoms. The highest BCUT2D eigenvalue weighted by atomic mass is 19.1. The molecule has 0 N–H and O–H groups in total. The molecule has 0 aromatic carbocycles. The van der Waals surface area contributed by atoms with E-state index in [-0.39, 0.29) is 29.0 Å². The predicted molar refractivity (Wildman–Crippen MR) is 86.0 cm³/mol. The van der Waals surface area contributed by atoms with Crippen molar-refractivity contribution in [3.05, 3.63) is 12.2 Å². The van der Waals surface area contributed by atoms with Crippen molar-refractivity contribution in [2.24, 2.45) is 28.6 Å². The van der Waals surface area contributed by atoms with E-state index in [2.05, 4.69) is 13.5 Å². The van der Waals surface area contributed by atoms with E-state index in [1.54, 1.807) is 0 Å². The maximum atomic E-state index is 14.2. The molecule has 4 aliphatic carbocycles. The highest BCUT2D eigenvalue weighted by molar-refractivity contribution is 5.92. The van der Waals surface area contributed by atoms with Gasteiger partial charge in [0.1, 0.15) is 5.60 Å². The van der Waals surface area contributed by atoms with Crippen LogP contribution in [0.5, 0.6) is 0 Å². The van der Waals surface area contributed by atoms with E-state index in [1.807, 2.05) is 6.92 Å². The van der Waals surface area contributed by atoms with Crippen molar-refractivity contribution in [3.63, 3.8) is 0 Å². The summed E-state index contributed by atoms with van der Waals surface area (Å²) in [4.78, 5) is 24.6. The van der Waals surface area contributed by atoms with Crippen LogP contribution in [-0.2, 0) is 14.3 Å². The molecule has 0 aromatic heterocycles. The fourth-order valence-electron chi connectivity index (χ4n) is 7.26. The van der Waals surface area contributed by atoms with Crippen LogP contribution >= 0.6 is 0 Å². The first-order valence-electron chi connectivity index (χ1n) is 9.33. The lowest BCUT2D eigenvalue weighted by Gasteiger charge is -2.58. The summed E-state index contributed by atoms with van der Waals surface area (Å²) >= 11 is 0. The Labute approximate surface area is 142 Å². The largest absolute Gasteiger partial charge is 0.352 e. The molecular weight excluding hydrogens is 307 g/mol. The summed E-state index contributed by atoms with van der Waals surface area (Å²) in [6.45, 7) is 8.54. The first kappa shape index (κ1) is 15.2. The van der Waals surface area contributed by atoms with Crippen molar-refractivity contribution in [1.29, 1.82) is 0 Å². The predicted octanol–water partition coefficient (Wildman–Crippen LogP) is 3.41. The molecule has 24 heavy (non-hydrogen) atoms. The quantitative estimate of drug-likeness (QED) is 0.504. The van der Waals surface area contributed by atoms with Gasteiger partial charge in [-0.1, -0.05) is 20.4 Å². The Balaban J connectivity index is 1.57. The number of hydrogen-bond donors (Lipinski definition) is 0. The minimum absolute atomic E-state index is 0.0929. The maximum absolute atomic E-state index is 14.2. The van der Waals surface area contributed by atoms with E-state index in [0.717, 1.165) is 31.3 Å². The number of hydrogen-bond acceptors (Lipinski definition) is 3. The summed E-state index contributed by atoms with van der Waals surface area (Å²) in [5, 5.41) is 0. The minimum atomic E-state index is -1.30. The van der Waals surface area contributed by atoms with Crippen molar-refractivity contribution < 1.29 is 18.7 Å². The van der Waals surface area contributed by atoms with E-state index in [0.29, 0.717) is 24.7 Å². The minimum Gasteiger partial charge on any atom is -0.352 e. The fraction of sp³-hybridized carbons (Fsp3) is 0.800. The molecular formula is C20H25FO3. The average Bonchev–Trinajstić information content (AvgIpc) is 3.26. The van der Waals surface area contributed by atoms with Crippen molar-refractivity contribution in [2.45, 2.75) is 70.2 Å². The molecule has 3 nitrogen and oxygen atoms in total. The van der Waals surface area contributed by atoms with Gasteiger partial charge in [0.2, 0.25) is 0 Å². The number of Topliss-reactive ketones (excluding diaryl/α,β-unsaturated/α-hetero) is 2. The smallest absolute Gasteiger partial charge is 0.173 e. The van der Waals surface area contributed by atoms with Crippen molar-refractivity contribution in [1.82, 2.24) is 0 Å². The topological polar surface area (TPSA) is 46.7 Å². The molecule has 0 amide bonds. The summed E-state index contributed by atoms with van der Waals surface area (Å²) in [5.41, 5.74) is -0.0432. The molecule has 8 atom stereocenters. The van der Waals surface area contributed by atoms with Gasteiger partial charge in [0, 0.05) is 17.3 Å². The van der Waals surface area contributed by atoms with Crippen molar-refractivity contribution >= 4 is 11.6 Å². The van der Waals surface area contributed by atoms with Crippen LogP contribution in [0.3, 0.4) is 0 Å². The van der Waals surface area contributed by atoms with Gasteiger partial charge in [0.15, 0.2) is 23.8 Å². The first-order chi connectivity index (χ1) is 11.3. The van der Waals surface area contributed by atoms with Gasteiger partial charge in [-0.2, -0.15) is 0 Å². The molecule has 0 aromatic rings. The summed E-state index contributed by atoms with van der Waals surface area (Å²) in [6.07, 6.45) is 2.68. The molecule has 1 spiro atoms. The third-order valence-corrected chi connectivity index (χ3v) is 8.61. The SMILES string of the molecule is C=C1C[C@H]2[C@@H]3C[C@H](F)C(=O)[C@@]3(C)CC[C@@H]2[C@@]2(C)CCC(=O)C3OC132. The third kappa shape index (κ3) is 1.41. The van der Waals surface area contributed by atoms with E-state index in [1.165, 1.54) is 0 Å². The fourth-order valence-corrected chi connectivity index (χ4v) is 7.26. The molecule has 5 fully saturated rings. The van der Waals surface area contributed by atoms with Crippen LogP contribution in [0.1, 0.15) is 52.4 Å². The zero-order valence-corrected chi connectivity index (χ0v) is 14.4.